The highest BCUT2D eigenvalue weighted by molar-refractivity contribution is 5.33. The quantitative estimate of drug-likeness (QED) is 0.841. The third-order valence-corrected chi connectivity index (χ3v) is 3.88. The van der Waals surface area contributed by atoms with E-state index in [1.165, 1.54) is 16.7 Å². The van der Waals surface area contributed by atoms with E-state index < -0.39 is 5.60 Å². The van der Waals surface area contributed by atoms with E-state index in [2.05, 4.69) is 37.4 Å². The highest BCUT2D eigenvalue weighted by Gasteiger charge is 2.34. The third kappa shape index (κ3) is 3.30. The molecule has 17 heavy (non-hydrogen) atoms. The van der Waals surface area contributed by atoms with Crippen LogP contribution in [0.2, 0.25) is 0 Å². The standard InChI is InChI=1S/C15H25NO/c1-11-8-7-9-12(2)13(11)10-16-14(3,4)15(5,6)17/h7-9,16-17H,10H2,1-6H3. The Morgan fingerprint density at radius 2 is 1.53 bits per heavy atom. The van der Waals surface area contributed by atoms with E-state index in [1.807, 2.05) is 27.7 Å². The average molecular weight is 235 g/mol. The summed E-state index contributed by atoms with van der Waals surface area (Å²) >= 11 is 0. The normalized spacial score (nSPS) is 12.9. The Hall–Kier alpha value is -0.860. The number of hydrogen-bond acceptors (Lipinski definition) is 2. The van der Waals surface area contributed by atoms with Crippen molar-refractivity contribution in [2.24, 2.45) is 0 Å². The van der Waals surface area contributed by atoms with E-state index in [-0.39, 0.29) is 5.54 Å². The Kier molecular flexibility index (Phi) is 4.00. The van der Waals surface area contributed by atoms with Crippen LogP contribution < -0.4 is 5.32 Å². The average Bonchev–Trinajstić information content (AvgIpc) is 2.15. The first-order chi connectivity index (χ1) is 7.65. The molecule has 1 aromatic carbocycles. The monoisotopic (exact) mass is 235 g/mol. The number of aliphatic hydroxyl groups is 1. The van der Waals surface area contributed by atoms with E-state index in [4.69, 9.17) is 0 Å². The van der Waals surface area contributed by atoms with Gasteiger partial charge in [0.2, 0.25) is 0 Å². The second kappa shape index (κ2) is 4.79. The van der Waals surface area contributed by atoms with Crippen molar-refractivity contribution in [2.45, 2.75) is 59.2 Å². The fourth-order valence-corrected chi connectivity index (χ4v) is 1.65. The summed E-state index contributed by atoms with van der Waals surface area (Å²) in [5.41, 5.74) is 2.85. The van der Waals surface area contributed by atoms with Crippen molar-refractivity contribution in [3.05, 3.63) is 34.9 Å². The second-order valence-electron chi connectivity index (χ2n) is 5.91. The summed E-state index contributed by atoms with van der Waals surface area (Å²) in [6.45, 7) is 12.8. The summed E-state index contributed by atoms with van der Waals surface area (Å²) < 4.78 is 0. The molecule has 2 heteroatoms. The van der Waals surface area contributed by atoms with Gasteiger partial charge in [-0.15, -0.1) is 0 Å². The fourth-order valence-electron chi connectivity index (χ4n) is 1.65. The fraction of sp³-hybridized carbons (Fsp3) is 0.600. The van der Waals surface area contributed by atoms with Gasteiger partial charge in [-0.25, -0.2) is 0 Å². The molecule has 0 heterocycles. The summed E-state index contributed by atoms with van der Waals surface area (Å²) in [5, 5.41) is 13.5. The van der Waals surface area contributed by atoms with Gasteiger partial charge in [0.25, 0.3) is 0 Å². The van der Waals surface area contributed by atoms with Gasteiger partial charge in [-0.05, 0) is 58.2 Å². The largest absolute Gasteiger partial charge is 0.389 e. The van der Waals surface area contributed by atoms with Crippen LogP contribution in [0.25, 0.3) is 0 Å². The zero-order valence-corrected chi connectivity index (χ0v) is 11.9. The van der Waals surface area contributed by atoms with E-state index in [0.29, 0.717) is 0 Å². The number of aryl methyl sites for hydroxylation is 2. The molecule has 0 unspecified atom stereocenters. The lowest BCUT2D eigenvalue weighted by molar-refractivity contribution is -0.00536. The molecule has 0 radical (unpaired) electrons. The van der Waals surface area contributed by atoms with Crippen LogP contribution in [0.5, 0.6) is 0 Å². The molecule has 0 saturated heterocycles. The van der Waals surface area contributed by atoms with Crippen molar-refractivity contribution >= 4 is 0 Å². The minimum Gasteiger partial charge on any atom is -0.389 e. The molecule has 1 aromatic rings. The number of hydrogen-bond donors (Lipinski definition) is 2. The van der Waals surface area contributed by atoms with Crippen LogP contribution in [0, 0.1) is 13.8 Å². The Labute approximate surface area is 105 Å². The molecule has 1 rings (SSSR count). The first kappa shape index (κ1) is 14.2. The Bertz CT molecular complexity index is 368. The molecule has 2 N–H and O–H groups in total. The van der Waals surface area contributed by atoms with Crippen molar-refractivity contribution in [3.8, 4) is 0 Å². The topological polar surface area (TPSA) is 32.3 Å². The van der Waals surface area contributed by atoms with Gasteiger partial charge in [0.1, 0.15) is 0 Å². The SMILES string of the molecule is Cc1cccc(C)c1CNC(C)(C)C(C)(C)O. The van der Waals surface area contributed by atoms with E-state index in [1.54, 1.807) is 0 Å². The van der Waals surface area contributed by atoms with Crippen LogP contribution in [0.4, 0.5) is 0 Å². The molecule has 0 aliphatic rings. The third-order valence-electron chi connectivity index (χ3n) is 3.88. The molecule has 0 aromatic heterocycles. The van der Waals surface area contributed by atoms with Crippen molar-refractivity contribution in [3.63, 3.8) is 0 Å². The van der Waals surface area contributed by atoms with E-state index in [0.717, 1.165) is 6.54 Å². The highest BCUT2D eigenvalue weighted by Crippen LogP contribution is 2.22. The van der Waals surface area contributed by atoms with Gasteiger partial charge in [-0.2, -0.15) is 0 Å². The van der Waals surface area contributed by atoms with Crippen LogP contribution in [0.3, 0.4) is 0 Å². The highest BCUT2D eigenvalue weighted by atomic mass is 16.3. The molecule has 0 aliphatic heterocycles. The van der Waals surface area contributed by atoms with Crippen molar-refractivity contribution in [2.75, 3.05) is 0 Å². The van der Waals surface area contributed by atoms with Gasteiger partial charge in [0.15, 0.2) is 0 Å². The first-order valence-electron chi connectivity index (χ1n) is 6.17. The maximum Gasteiger partial charge on any atom is 0.0767 e. The number of rotatable bonds is 4. The number of benzene rings is 1. The predicted octanol–water partition coefficient (Wildman–Crippen LogP) is 2.94. The summed E-state index contributed by atoms with van der Waals surface area (Å²) in [6, 6.07) is 6.33. The van der Waals surface area contributed by atoms with Gasteiger partial charge in [0.05, 0.1) is 5.60 Å². The molecule has 0 aliphatic carbocycles. The zero-order valence-electron chi connectivity index (χ0n) is 11.9. The maximum absolute atomic E-state index is 10.1. The van der Waals surface area contributed by atoms with Crippen LogP contribution in [-0.4, -0.2) is 16.2 Å². The van der Waals surface area contributed by atoms with Crippen LogP contribution in [-0.2, 0) is 6.54 Å². The van der Waals surface area contributed by atoms with Crippen molar-refractivity contribution in [1.82, 2.24) is 5.32 Å². The van der Waals surface area contributed by atoms with E-state index >= 15 is 0 Å². The molecule has 0 fully saturated rings. The van der Waals surface area contributed by atoms with Gasteiger partial charge < -0.3 is 10.4 Å². The first-order valence-corrected chi connectivity index (χ1v) is 6.17. The minimum atomic E-state index is -0.746. The van der Waals surface area contributed by atoms with Gasteiger partial charge in [0, 0.05) is 12.1 Å². The molecule has 0 saturated carbocycles. The lowest BCUT2D eigenvalue weighted by atomic mass is 9.85. The Morgan fingerprint density at radius 3 is 1.94 bits per heavy atom. The lowest BCUT2D eigenvalue weighted by Gasteiger charge is -2.38. The molecule has 0 bridgehead atoms. The van der Waals surface area contributed by atoms with Crippen LogP contribution in [0.1, 0.15) is 44.4 Å². The molecule has 96 valence electrons. The Balaban J connectivity index is 2.81. The maximum atomic E-state index is 10.1. The summed E-state index contributed by atoms with van der Waals surface area (Å²) in [4.78, 5) is 0. The van der Waals surface area contributed by atoms with Crippen LogP contribution >= 0.6 is 0 Å². The van der Waals surface area contributed by atoms with Crippen molar-refractivity contribution < 1.29 is 5.11 Å². The molecular formula is C15H25NO. The molecule has 0 spiro atoms. The predicted molar refractivity (Wildman–Crippen MR) is 73.1 cm³/mol. The summed E-state index contributed by atoms with van der Waals surface area (Å²) in [7, 11) is 0. The molecule has 2 nitrogen and oxygen atoms in total. The van der Waals surface area contributed by atoms with Crippen LogP contribution in [0.15, 0.2) is 18.2 Å². The van der Waals surface area contributed by atoms with Gasteiger partial charge >= 0.3 is 0 Å². The Morgan fingerprint density at radius 1 is 1.06 bits per heavy atom. The van der Waals surface area contributed by atoms with Crippen molar-refractivity contribution in [1.29, 1.82) is 0 Å². The van der Waals surface area contributed by atoms with E-state index in [9.17, 15) is 5.11 Å². The zero-order chi connectivity index (χ0) is 13.3. The smallest absolute Gasteiger partial charge is 0.0767 e. The molecule has 0 amide bonds. The van der Waals surface area contributed by atoms with Gasteiger partial charge in [-0.3, -0.25) is 0 Å². The summed E-state index contributed by atoms with van der Waals surface area (Å²) in [6.07, 6.45) is 0. The molecule has 0 atom stereocenters. The molecular weight excluding hydrogens is 210 g/mol. The lowest BCUT2D eigenvalue weighted by Crippen LogP contribution is -2.55. The summed E-state index contributed by atoms with van der Waals surface area (Å²) in [5.74, 6) is 0. The van der Waals surface area contributed by atoms with Gasteiger partial charge in [-0.1, -0.05) is 18.2 Å². The second-order valence-corrected chi connectivity index (χ2v) is 5.91. The minimum absolute atomic E-state index is 0.318. The number of nitrogens with one attached hydrogen (secondary N) is 1.